The van der Waals surface area contributed by atoms with E-state index in [9.17, 15) is 8.42 Å². The molecule has 0 aliphatic heterocycles. The van der Waals surface area contributed by atoms with Gasteiger partial charge >= 0.3 is 0 Å². The summed E-state index contributed by atoms with van der Waals surface area (Å²) in [7, 11) is -3.49. The summed E-state index contributed by atoms with van der Waals surface area (Å²) in [6.45, 7) is 3.89. The van der Waals surface area contributed by atoms with Gasteiger partial charge in [-0.2, -0.15) is 0 Å². The molecule has 1 aliphatic carbocycles. The van der Waals surface area contributed by atoms with Gasteiger partial charge in [0.2, 0.25) is 10.0 Å². The first kappa shape index (κ1) is 16.5. The molecule has 1 fully saturated rings. The van der Waals surface area contributed by atoms with Crippen LogP contribution < -0.4 is 4.72 Å². The van der Waals surface area contributed by atoms with E-state index in [2.05, 4.69) is 36.6 Å². The monoisotopic (exact) mass is 423 g/mol. The van der Waals surface area contributed by atoms with E-state index in [1.807, 2.05) is 19.9 Å². The summed E-state index contributed by atoms with van der Waals surface area (Å²) in [5, 5.41) is 0. The van der Waals surface area contributed by atoms with Gasteiger partial charge in [0.25, 0.3) is 0 Å². The van der Waals surface area contributed by atoms with Crippen LogP contribution in [0.1, 0.15) is 38.2 Å². The topological polar surface area (TPSA) is 46.2 Å². The highest BCUT2D eigenvalue weighted by Crippen LogP contribution is 2.31. The van der Waals surface area contributed by atoms with Crippen molar-refractivity contribution in [2.24, 2.45) is 5.92 Å². The lowest BCUT2D eigenvalue weighted by atomic mass is 10.0. The first-order valence-corrected chi connectivity index (χ1v) is 9.86. The smallest absolute Gasteiger partial charge is 0.208 e. The molecule has 0 heterocycles. The Balaban J connectivity index is 2.24. The fraction of sp³-hybridized carbons (Fsp3) is 0.571. The Bertz CT molecular complexity index is 595. The lowest BCUT2D eigenvalue weighted by Gasteiger charge is -2.21. The second-order valence-electron chi connectivity index (χ2n) is 5.49. The van der Waals surface area contributed by atoms with Crippen molar-refractivity contribution in [3.63, 3.8) is 0 Å². The zero-order chi connectivity index (χ0) is 14.9. The highest BCUT2D eigenvalue weighted by atomic mass is 79.9. The van der Waals surface area contributed by atoms with Gasteiger partial charge in [-0.1, -0.05) is 28.8 Å². The van der Waals surface area contributed by atoms with Crippen LogP contribution in [0.2, 0.25) is 0 Å². The summed E-state index contributed by atoms with van der Waals surface area (Å²) in [5.41, 5.74) is 1.000. The van der Waals surface area contributed by atoms with Crippen LogP contribution in [0.5, 0.6) is 0 Å². The predicted octanol–water partition coefficient (Wildman–Crippen LogP) is 4.38. The van der Waals surface area contributed by atoms with Crippen LogP contribution in [-0.2, 0) is 10.0 Å². The van der Waals surface area contributed by atoms with Crippen molar-refractivity contribution < 1.29 is 8.42 Å². The average Bonchev–Trinajstić information content (AvgIpc) is 2.86. The second-order valence-corrected chi connectivity index (χ2v) is 8.88. The number of nitrogens with one attached hydrogen (secondary N) is 1. The second kappa shape index (κ2) is 6.46. The Morgan fingerprint density at radius 1 is 1.20 bits per heavy atom. The van der Waals surface area contributed by atoms with E-state index in [4.69, 9.17) is 0 Å². The van der Waals surface area contributed by atoms with E-state index in [-0.39, 0.29) is 6.04 Å². The van der Waals surface area contributed by atoms with Gasteiger partial charge in [0, 0.05) is 15.0 Å². The van der Waals surface area contributed by atoms with Gasteiger partial charge in [0.05, 0.1) is 4.90 Å². The summed E-state index contributed by atoms with van der Waals surface area (Å²) >= 11 is 6.74. The molecule has 112 valence electrons. The number of sulfonamides is 1. The molecular formula is C14H19Br2NO2S. The van der Waals surface area contributed by atoms with Gasteiger partial charge in [0.15, 0.2) is 0 Å². The molecule has 0 radical (unpaired) electrons. The van der Waals surface area contributed by atoms with Crippen LogP contribution in [0.15, 0.2) is 26.0 Å². The minimum absolute atomic E-state index is 0.0190. The lowest BCUT2D eigenvalue weighted by molar-refractivity contribution is 0.424. The molecule has 6 heteroatoms. The maximum Gasteiger partial charge on any atom is 0.241 e. The third-order valence-electron chi connectivity index (χ3n) is 3.95. The third kappa shape index (κ3) is 3.64. The predicted molar refractivity (Wildman–Crippen MR) is 88.3 cm³/mol. The fourth-order valence-corrected chi connectivity index (χ4v) is 5.69. The third-order valence-corrected chi connectivity index (χ3v) is 7.32. The highest BCUT2D eigenvalue weighted by molar-refractivity contribution is 9.11. The summed E-state index contributed by atoms with van der Waals surface area (Å²) < 4.78 is 29.3. The van der Waals surface area contributed by atoms with Crippen molar-refractivity contribution in [2.75, 3.05) is 0 Å². The van der Waals surface area contributed by atoms with Crippen molar-refractivity contribution in [3.8, 4) is 0 Å². The Kier molecular flexibility index (Phi) is 5.32. The number of halogens is 2. The van der Waals surface area contributed by atoms with Gasteiger partial charge < -0.3 is 0 Å². The normalized spacial score (nSPS) is 18.4. The molecule has 1 N–H and O–H groups in total. The highest BCUT2D eigenvalue weighted by Gasteiger charge is 2.27. The molecule has 1 atom stereocenters. The molecule has 1 aromatic rings. The van der Waals surface area contributed by atoms with Gasteiger partial charge in [-0.15, -0.1) is 0 Å². The van der Waals surface area contributed by atoms with Gasteiger partial charge in [-0.05, 0) is 66.2 Å². The Morgan fingerprint density at radius 3 is 2.40 bits per heavy atom. The molecule has 0 spiro atoms. The molecule has 0 aromatic heterocycles. The molecule has 0 bridgehead atoms. The first-order chi connectivity index (χ1) is 9.31. The van der Waals surface area contributed by atoms with Crippen LogP contribution in [0.25, 0.3) is 0 Å². The Morgan fingerprint density at radius 2 is 1.80 bits per heavy atom. The maximum atomic E-state index is 12.5. The molecular weight excluding hydrogens is 406 g/mol. The van der Waals surface area contributed by atoms with Crippen molar-refractivity contribution in [1.82, 2.24) is 4.72 Å². The lowest BCUT2D eigenvalue weighted by Crippen LogP contribution is -2.37. The summed E-state index contributed by atoms with van der Waals surface area (Å²) in [4.78, 5) is 0.292. The largest absolute Gasteiger partial charge is 0.241 e. The molecule has 0 saturated heterocycles. The average molecular weight is 425 g/mol. The zero-order valence-corrected chi connectivity index (χ0v) is 15.6. The summed E-state index contributed by atoms with van der Waals surface area (Å²) in [5.74, 6) is 0.456. The number of aryl methyl sites for hydroxylation is 1. The van der Waals surface area contributed by atoms with Crippen LogP contribution in [0.3, 0.4) is 0 Å². The summed E-state index contributed by atoms with van der Waals surface area (Å²) in [6.07, 6.45) is 4.64. The number of hydrogen-bond donors (Lipinski definition) is 1. The first-order valence-electron chi connectivity index (χ1n) is 6.79. The van der Waals surface area contributed by atoms with Crippen LogP contribution in [0.4, 0.5) is 0 Å². The molecule has 3 nitrogen and oxygen atoms in total. The van der Waals surface area contributed by atoms with Crippen molar-refractivity contribution in [3.05, 3.63) is 26.6 Å². The SMILES string of the molecule is Cc1cc(Br)c(S(=O)(=O)NC(C)C2CCCC2)cc1Br. The fourth-order valence-electron chi connectivity index (χ4n) is 2.70. The maximum absolute atomic E-state index is 12.5. The number of hydrogen-bond acceptors (Lipinski definition) is 2. The molecule has 1 saturated carbocycles. The molecule has 0 amide bonds. The molecule has 1 unspecified atom stereocenters. The standard InChI is InChI=1S/C14H19Br2NO2S/c1-9-7-13(16)14(8-12(9)15)20(18,19)17-10(2)11-5-3-4-6-11/h7-8,10-11,17H,3-6H2,1-2H3. The van der Waals surface area contributed by atoms with Gasteiger partial charge in [-0.3, -0.25) is 0 Å². The molecule has 2 rings (SSSR count). The Hall–Kier alpha value is 0.0900. The van der Waals surface area contributed by atoms with E-state index in [0.29, 0.717) is 15.3 Å². The minimum Gasteiger partial charge on any atom is -0.208 e. The van der Waals surface area contributed by atoms with Crippen LogP contribution in [-0.4, -0.2) is 14.5 Å². The van der Waals surface area contributed by atoms with Crippen LogP contribution >= 0.6 is 31.9 Å². The van der Waals surface area contributed by atoms with E-state index in [1.165, 1.54) is 12.8 Å². The van der Waals surface area contributed by atoms with Crippen molar-refractivity contribution in [2.45, 2.75) is 50.5 Å². The van der Waals surface area contributed by atoms with Crippen molar-refractivity contribution >= 4 is 41.9 Å². The zero-order valence-electron chi connectivity index (χ0n) is 11.6. The van der Waals surface area contributed by atoms with E-state index < -0.39 is 10.0 Å². The molecule has 1 aliphatic rings. The van der Waals surface area contributed by atoms with Gasteiger partial charge in [0.1, 0.15) is 0 Å². The Labute approximate surface area is 137 Å². The van der Waals surface area contributed by atoms with Crippen LogP contribution in [0, 0.1) is 12.8 Å². The molecule has 20 heavy (non-hydrogen) atoms. The van der Waals surface area contributed by atoms with E-state index in [0.717, 1.165) is 22.9 Å². The van der Waals surface area contributed by atoms with E-state index in [1.54, 1.807) is 6.07 Å². The van der Waals surface area contributed by atoms with Gasteiger partial charge in [-0.25, -0.2) is 13.1 Å². The van der Waals surface area contributed by atoms with Crippen molar-refractivity contribution in [1.29, 1.82) is 0 Å². The number of benzene rings is 1. The van der Waals surface area contributed by atoms with E-state index >= 15 is 0 Å². The summed E-state index contributed by atoms with van der Waals surface area (Å²) in [6, 6.07) is 3.46. The minimum atomic E-state index is -3.49. The quantitative estimate of drug-likeness (QED) is 0.779. The molecule has 1 aromatic carbocycles. The number of rotatable bonds is 4.